The molecule has 1 atom stereocenters. The van der Waals surface area contributed by atoms with Crippen molar-refractivity contribution in [1.82, 2.24) is 5.32 Å². The summed E-state index contributed by atoms with van der Waals surface area (Å²) in [5.41, 5.74) is 1.72. The minimum absolute atomic E-state index is 0.183. The van der Waals surface area contributed by atoms with Crippen LogP contribution < -0.4 is 10.1 Å². The van der Waals surface area contributed by atoms with Crippen molar-refractivity contribution in [3.8, 4) is 5.75 Å². The summed E-state index contributed by atoms with van der Waals surface area (Å²) in [6, 6.07) is 8.64. The fourth-order valence-corrected chi connectivity index (χ4v) is 3.22. The highest BCUT2D eigenvalue weighted by Gasteiger charge is 2.18. The van der Waals surface area contributed by atoms with Gasteiger partial charge in [0.15, 0.2) is 0 Å². The van der Waals surface area contributed by atoms with Gasteiger partial charge in [-0.3, -0.25) is 0 Å². The van der Waals surface area contributed by atoms with Crippen LogP contribution in [-0.4, -0.2) is 14.2 Å². The quantitative estimate of drug-likeness (QED) is 0.760. The minimum atomic E-state index is -0.183. The van der Waals surface area contributed by atoms with Crippen LogP contribution in [0.1, 0.15) is 17.2 Å². The lowest BCUT2D eigenvalue weighted by molar-refractivity contribution is 0.415. The zero-order valence-corrected chi connectivity index (χ0v) is 14.4. The lowest BCUT2D eigenvalue weighted by atomic mass is 9.98. The Morgan fingerprint density at radius 1 is 0.905 bits per heavy atom. The summed E-state index contributed by atoms with van der Waals surface area (Å²) in [4.78, 5) is 0. The van der Waals surface area contributed by atoms with Crippen LogP contribution in [0.25, 0.3) is 0 Å². The Labute approximate surface area is 143 Å². The summed E-state index contributed by atoms with van der Waals surface area (Å²) in [5, 5.41) is 5.36. The molecule has 0 radical (unpaired) electrons. The molecule has 0 aliphatic rings. The Bertz CT molecular complexity index is 640. The van der Waals surface area contributed by atoms with E-state index in [0.29, 0.717) is 25.8 Å². The molecule has 2 rings (SSSR count). The predicted octanol–water partition coefficient (Wildman–Crippen LogP) is 5.62. The van der Waals surface area contributed by atoms with E-state index in [9.17, 15) is 0 Å². The van der Waals surface area contributed by atoms with E-state index in [2.05, 4.69) is 5.32 Å². The number of ether oxygens (including phenoxy) is 1. The van der Waals surface area contributed by atoms with E-state index in [4.69, 9.17) is 51.1 Å². The molecule has 1 unspecified atom stereocenters. The van der Waals surface area contributed by atoms with Gasteiger partial charge in [0, 0.05) is 21.1 Å². The lowest BCUT2D eigenvalue weighted by Crippen LogP contribution is -2.18. The molecule has 0 spiro atoms. The number of hydrogen-bond donors (Lipinski definition) is 1. The van der Waals surface area contributed by atoms with Gasteiger partial charge < -0.3 is 10.1 Å². The number of benzene rings is 2. The fourth-order valence-electron chi connectivity index (χ4n) is 2.17. The average molecular weight is 365 g/mol. The standard InChI is InChI=1S/C15H13Cl4NO/c1-20-15(8-3-9(16)5-10(17)4-8)11-6-13(19)14(21-2)7-12(11)18/h3-7,15,20H,1-2H3. The highest BCUT2D eigenvalue weighted by Crippen LogP contribution is 2.37. The van der Waals surface area contributed by atoms with E-state index >= 15 is 0 Å². The molecule has 6 heteroatoms. The second-order valence-corrected chi connectivity index (χ2v) is 6.12. The molecule has 2 aromatic rings. The van der Waals surface area contributed by atoms with Crippen LogP contribution in [0.4, 0.5) is 0 Å². The Kier molecular flexibility index (Phi) is 5.64. The number of methoxy groups -OCH3 is 1. The van der Waals surface area contributed by atoms with E-state index in [1.165, 1.54) is 0 Å². The molecule has 0 aliphatic heterocycles. The first-order valence-corrected chi connectivity index (χ1v) is 7.63. The Morgan fingerprint density at radius 2 is 1.52 bits per heavy atom. The van der Waals surface area contributed by atoms with Crippen molar-refractivity contribution in [3.63, 3.8) is 0 Å². The highest BCUT2D eigenvalue weighted by molar-refractivity contribution is 6.35. The van der Waals surface area contributed by atoms with Crippen LogP contribution in [0, 0.1) is 0 Å². The van der Waals surface area contributed by atoms with Gasteiger partial charge in [0.1, 0.15) is 5.75 Å². The first kappa shape index (κ1) is 16.7. The predicted molar refractivity (Wildman–Crippen MR) is 90.4 cm³/mol. The largest absolute Gasteiger partial charge is 0.495 e. The molecular weight excluding hydrogens is 352 g/mol. The van der Waals surface area contributed by atoms with E-state index in [1.54, 1.807) is 25.3 Å². The van der Waals surface area contributed by atoms with Crippen molar-refractivity contribution in [1.29, 1.82) is 0 Å². The van der Waals surface area contributed by atoms with Crippen LogP contribution in [0.15, 0.2) is 30.3 Å². The monoisotopic (exact) mass is 363 g/mol. The van der Waals surface area contributed by atoms with Gasteiger partial charge in [0.25, 0.3) is 0 Å². The molecule has 2 nitrogen and oxygen atoms in total. The maximum atomic E-state index is 6.34. The first-order chi connectivity index (χ1) is 9.96. The third-order valence-electron chi connectivity index (χ3n) is 3.09. The van der Waals surface area contributed by atoms with Crippen LogP contribution in [0.5, 0.6) is 5.75 Å². The number of hydrogen-bond acceptors (Lipinski definition) is 2. The van der Waals surface area contributed by atoms with Crippen LogP contribution in [-0.2, 0) is 0 Å². The molecule has 21 heavy (non-hydrogen) atoms. The van der Waals surface area contributed by atoms with Crippen molar-refractivity contribution in [3.05, 3.63) is 61.5 Å². The molecule has 0 saturated heterocycles. The van der Waals surface area contributed by atoms with Gasteiger partial charge in [-0.2, -0.15) is 0 Å². The Morgan fingerprint density at radius 3 is 2.05 bits per heavy atom. The third kappa shape index (κ3) is 3.77. The zero-order chi connectivity index (χ0) is 15.6. The third-order valence-corrected chi connectivity index (χ3v) is 4.15. The molecule has 0 aliphatic carbocycles. The van der Waals surface area contributed by atoms with Crippen molar-refractivity contribution in [2.45, 2.75) is 6.04 Å². The molecule has 0 fully saturated rings. The Balaban J connectivity index is 2.53. The lowest BCUT2D eigenvalue weighted by Gasteiger charge is -2.20. The summed E-state index contributed by atoms with van der Waals surface area (Å²) >= 11 is 24.7. The summed E-state index contributed by atoms with van der Waals surface area (Å²) in [6.45, 7) is 0. The molecule has 0 amide bonds. The molecule has 0 bridgehead atoms. The topological polar surface area (TPSA) is 21.3 Å². The zero-order valence-electron chi connectivity index (χ0n) is 11.4. The Hall–Kier alpha value is -0.640. The average Bonchev–Trinajstić information content (AvgIpc) is 2.42. The maximum Gasteiger partial charge on any atom is 0.138 e. The molecule has 0 aromatic heterocycles. The van der Waals surface area contributed by atoms with Crippen LogP contribution in [0.3, 0.4) is 0 Å². The van der Waals surface area contributed by atoms with Crippen molar-refractivity contribution in [2.24, 2.45) is 0 Å². The molecule has 112 valence electrons. The van der Waals surface area contributed by atoms with Gasteiger partial charge in [-0.25, -0.2) is 0 Å². The maximum absolute atomic E-state index is 6.34. The number of nitrogens with one attached hydrogen (secondary N) is 1. The highest BCUT2D eigenvalue weighted by atomic mass is 35.5. The molecule has 0 heterocycles. The van der Waals surface area contributed by atoms with Crippen LogP contribution >= 0.6 is 46.4 Å². The molecule has 2 aromatic carbocycles. The number of rotatable bonds is 4. The molecular formula is C15H13Cl4NO. The molecule has 1 N–H and O–H groups in total. The molecule has 0 saturated carbocycles. The van der Waals surface area contributed by atoms with Gasteiger partial charge in [-0.15, -0.1) is 0 Å². The van der Waals surface area contributed by atoms with Gasteiger partial charge in [-0.1, -0.05) is 46.4 Å². The van der Waals surface area contributed by atoms with E-state index in [0.717, 1.165) is 11.1 Å². The van der Waals surface area contributed by atoms with Crippen molar-refractivity contribution in [2.75, 3.05) is 14.2 Å². The SMILES string of the molecule is CNC(c1cc(Cl)cc(Cl)c1)c1cc(Cl)c(OC)cc1Cl. The van der Waals surface area contributed by atoms with E-state index < -0.39 is 0 Å². The van der Waals surface area contributed by atoms with E-state index in [1.807, 2.05) is 19.2 Å². The summed E-state index contributed by atoms with van der Waals surface area (Å²) in [5.74, 6) is 0.532. The normalized spacial score (nSPS) is 12.3. The second kappa shape index (κ2) is 7.08. The van der Waals surface area contributed by atoms with Gasteiger partial charge in [0.2, 0.25) is 0 Å². The summed E-state index contributed by atoms with van der Waals surface area (Å²) in [6.07, 6.45) is 0. The summed E-state index contributed by atoms with van der Waals surface area (Å²) in [7, 11) is 3.37. The fraction of sp³-hybridized carbons (Fsp3) is 0.200. The van der Waals surface area contributed by atoms with Crippen LogP contribution in [0.2, 0.25) is 20.1 Å². The summed E-state index contributed by atoms with van der Waals surface area (Å²) < 4.78 is 5.16. The first-order valence-electron chi connectivity index (χ1n) is 6.12. The minimum Gasteiger partial charge on any atom is -0.495 e. The van der Waals surface area contributed by atoms with Crippen molar-refractivity contribution < 1.29 is 4.74 Å². The number of halogens is 4. The van der Waals surface area contributed by atoms with Gasteiger partial charge in [0.05, 0.1) is 18.2 Å². The van der Waals surface area contributed by atoms with Crippen molar-refractivity contribution >= 4 is 46.4 Å². The smallest absolute Gasteiger partial charge is 0.138 e. The van der Waals surface area contributed by atoms with E-state index in [-0.39, 0.29) is 6.04 Å². The van der Waals surface area contributed by atoms with Gasteiger partial charge in [-0.05, 0) is 42.4 Å². The van der Waals surface area contributed by atoms with Gasteiger partial charge >= 0.3 is 0 Å². The second-order valence-electron chi connectivity index (χ2n) is 4.43.